The molecule has 36 valence electrons. The fourth-order valence-electron chi connectivity index (χ4n) is 0.428. The van der Waals surface area contributed by atoms with Crippen molar-refractivity contribution >= 4 is 12.6 Å². The van der Waals surface area contributed by atoms with Crippen LogP contribution in [0.2, 0.25) is 0 Å². The topological polar surface area (TPSA) is 0 Å². The van der Waals surface area contributed by atoms with Gasteiger partial charge in [0.25, 0.3) is 0 Å². The van der Waals surface area contributed by atoms with Crippen LogP contribution in [0.1, 0.15) is 0 Å². The summed E-state index contributed by atoms with van der Waals surface area (Å²) in [5, 5.41) is 0. The summed E-state index contributed by atoms with van der Waals surface area (Å²) in [6.45, 7) is 0. The van der Waals surface area contributed by atoms with Gasteiger partial charge >= 0.3 is 29.6 Å². The van der Waals surface area contributed by atoms with E-state index in [0.717, 1.165) is 4.90 Å². The van der Waals surface area contributed by atoms with Crippen LogP contribution in [-0.4, -0.2) is 0 Å². The van der Waals surface area contributed by atoms with Crippen molar-refractivity contribution in [2.75, 3.05) is 0 Å². The summed E-state index contributed by atoms with van der Waals surface area (Å²) in [7, 11) is 0. The zero-order chi connectivity index (χ0) is 5.11. The SMILES string of the molecule is Sc1ccccc1.[Na+]. The Hall–Kier alpha value is 0.570. The maximum atomic E-state index is 4.08. The van der Waals surface area contributed by atoms with Gasteiger partial charge in [0.15, 0.2) is 0 Å². The molecule has 0 nitrogen and oxygen atoms in total. The van der Waals surface area contributed by atoms with E-state index >= 15 is 0 Å². The monoisotopic (exact) mass is 133 g/mol. The average Bonchev–Trinajstić information content (AvgIpc) is 1.69. The van der Waals surface area contributed by atoms with Crippen LogP contribution in [0.5, 0.6) is 0 Å². The first kappa shape index (κ1) is 8.57. The Balaban J connectivity index is 0.000000490. The van der Waals surface area contributed by atoms with E-state index in [1.807, 2.05) is 30.3 Å². The summed E-state index contributed by atoms with van der Waals surface area (Å²) in [6, 6.07) is 9.79. The molecule has 0 saturated carbocycles. The van der Waals surface area contributed by atoms with Gasteiger partial charge in [-0.25, -0.2) is 0 Å². The van der Waals surface area contributed by atoms with Gasteiger partial charge in [0.1, 0.15) is 0 Å². The van der Waals surface area contributed by atoms with Crippen molar-refractivity contribution in [3.63, 3.8) is 0 Å². The second kappa shape index (κ2) is 4.45. The summed E-state index contributed by atoms with van der Waals surface area (Å²) < 4.78 is 0. The molecule has 0 radical (unpaired) electrons. The fraction of sp³-hybridized carbons (Fsp3) is 0. The van der Waals surface area contributed by atoms with Gasteiger partial charge in [-0.2, -0.15) is 0 Å². The molecule has 1 aromatic rings. The summed E-state index contributed by atoms with van der Waals surface area (Å²) >= 11 is 4.08. The van der Waals surface area contributed by atoms with Crippen molar-refractivity contribution in [3.8, 4) is 0 Å². The molecule has 0 saturated heterocycles. The molecule has 0 N–H and O–H groups in total. The van der Waals surface area contributed by atoms with E-state index in [4.69, 9.17) is 0 Å². The molecule has 0 spiro atoms. The Labute approximate surface area is 77.0 Å². The third-order valence-electron chi connectivity index (χ3n) is 0.756. The number of hydrogen-bond donors (Lipinski definition) is 1. The van der Waals surface area contributed by atoms with E-state index in [2.05, 4.69) is 12.6 Å². The maximum absolute atomic E-state index is 4.08. The molecule has 0 atom stereocenters. The summed E-state index contributed by atoms with van der Waals surface area (Å²) in [5.41, 5.74) is 0. The molecule has 0 unspecified atom stereocenters. The first-order valence-electron chi connectivity index (χ1n) is 2.13. The second-order valence-electron chi connectivity index (χ2n) is 1.34. The van der Waals surface area contributed by atoms with Crippen LogP contribution in [0.4, 0.5) is 0 Å². The van der Waals surface area contributed by atoms with E-state index in [9.17, 15) is 0 Å². The van der Waals surface area contributed by atoms with Gasteiger partial charge in [-0.05, 0) is 12.1 Å². The van der Waals surface area contributed by atoms with Crippen molar-refractivity contribution in [2.45, 2.75) is 4.90 Å². The van der Waals surface area contributed by atoms with Gasteiger partial charge in [-0.1, -0.05) is 18.2 Å². The van der Waals surface area contributed by atoms with Crippen LogP contribution >= 0.6 is 12.6 Å². The smallest absolute Gasteiger partial charge is 0.143 e. The molecule has 0 aliphatic rings. The molecule has 0 heterocycles. The fourth-order valence-corrected chi connectivity index (χ4v) is 0.600. The van der Waals surface area contributed by atoms with Crippen molar-refractivity contribution < 1.29 is 29.6 Å². The summed E-state index contributed by atoms with van der Waals surface area (Å²) in [6.07, 6.45) is 0. The third-order valence-corrected chi connectivity index (χ3v) is 1.05. The minimum atomic E-state index is 0. The molecule has 0 bridgehead atoms. The molecule has 0 aromatic heterocycles. The van der Waals surface area contributed by atoms with Crippen LogP contribution in [0, 0.1) is 0 Å². The van der Waals surface area contributed by atoms with Gasteiger partial charge in [0.05, 0.1) is 0 Å². The first-order chi connectivity index (χ1) is 3.39. The maximum Gasteiger partial charge on any atom is 1.00 e. The van der Waals surface area contributed by atoms with E-state index in [1.165, 1.54) is 0 Å². The number of rotatable bonds is 0. The summed E-state index contributed by atoms with van der Waals surface area (Å²) in [4.78, 5) is 1.02. The van der Waals surface area contributed by atoms with Crippen LogP contribution in [-0.2, 0) is 0 Å². The van der Waals surface area contributed by atoms with E-state index < -0.39 is 0 Å². The van der Waals surface area contributed by atoms with Crippen LogP contribution < -0.4 is 29.6 Å². The molecule has 0 aliphatic carbocycles. The molecule has 0 aliphatic heterocycles. The van der Waals surface area contributed by atoms with Crippen molar-refractivity contribution in [3.05, 3.63) is 30.3 Å². The molecule has 8 heavy (non-hydrogen) atoms. The Kier molecular flexibility index (Phi) is 4.77. The van der Waals surface area contributed by atoms with Gasteiger partial charge in [0, 0.05) is 4.90 Å². The van der Waals surface area contributed by atoms with Gasteiger partial charge in [-0.3, -0.25) is 0 Å². The van der Waals surface area contributed by atoms with E-state index in [0.29, 0.717) is 0 Å². The van der Waals surface area contributed by atoms with Crippen LogP contribution in [0.15, 0.2) is 35.2 Å². The number of thiol groups is 1. The van der Waals surface area contributed by atoms with E-state index in [-0.39, 0.29) is 29.6 Å². The molecule has 0 fully saturated rings. The quantitative estimate of drug-likeness (QED) is 0.340. The average molecular weight is 133 g/mol. The molecular formula is C6H6NaS+. The third kappa shape index (κ3) is 2.78. The Morgan fingerprint density at radius 1 is 1.00 bits per heavy atom. The molecule has 1 aromatic carbocycles. The predicted octanol–water partition coefficient (Wildman–Crippen LogP) is -1.02. The molecule has 0 amide bonds. The zero-order valence-electron chi connectivity index (χ0n) is 4.83. The normalized spacial score (nSPS) is 7.62. The number of hydrogen-bond acceptors (Lipinski definition) is 1. The minimum absolute atomic E-state index is 0. The predicted molar refractivity (Wildman–Crippen MR) is 33.7 cm³/mol. The van der Waals surface area contributed by atoms with Crippen molar-refractivity contribution in [1.29, 1.82) is 0 Å². The van der Waals surface area contributed by atoms with Crippen molar-refractivity contribution in [2.24, 2.45) is 0 Å². The van der Waals surface area contributed by atoms with Crippen LogP contribution in [0.3, 0.4) is 0 Å². The Morgan fingerprint density at radius 3 is 1.75 bits per heavy atom. The number of benzene rings is 1. The first-order valence-corrected chi connectivity index (χ1v) is 2.58. The largest absolute Gasteiger partial charge is 1.00 e. The Morgan fingerprint density at radius 2 is 1.50 bits per heavy atom. The zero-order valence-corrected chi connectivity index (χ0v) is 7.73. The summed E-state index contributed by atoms with van der Waals surface area (Å²) in [5.74, 6) is 0. The van der Waals surface area contributed by atoms with Crippen LogP contribution in [0.25, 0.3) is 0 Å². The Bertz CT molecular complexity index is 138. The minimum Gasteiger partial charge on any atom is -0.143 e. The van der Waals surface area contributed by atoms with E-state index in [1.54, 1.807) is 0 Å². The standard InChI is InChI=1S/C6H6S.Na/c7-6-4-2-1-3-5-6;/h1-5,7H;/q;+1. The molecule has 1 rings (SSSR count). The molecular weight excluding hydrogens is 127 g/mol. The van der Waals surface area contributed by atoms with Gasteiger partial charge in [0.2, 0.25) is 0 Å². The van der Waals surface area contributed by atoms with Crippen molar-refractivity contribution in [1.82, 2.24) is 0 Å². The van der Waals surface area contributed by atoms with Gasteiger partial charge < -0.3 is 0 Å². The second-order valence-corrected chi connectivity index (χ2v) is 1.85. The van der Waals surface area contributed by atoms with Gasteiger partial charge in [-0.15, -0.1) is 12.6 Å². The molecule has 2 heteroatoms.